The highest BCUT2D eigenvalue weighted by Crippen LogP contribution is 2.38. The van der Waals surface area contributed by atoms with E-state index in [1.807, 2.05) is 25.4 Å². The van der Waals surface area contributed by atoms with E-state index in [1.54, 1.807) is 23.0 Å². The molecule has 1 aliphatic rings. The van der Waals surface area contributed by atoms with E-state index in [9.17, 15) is 9.59 Å². The number of benzene rings is 1. The van der Waals surface area contributed by atoms with Crippen LogP contribution in [0.1, 0.15) is 51.0 Å². The fourth-order valence-electron chi connectivity index (χ4n) is 4.94. The average molecular weight is 604 g/mol. The lowest BCUT2D eigenvalue weighted by Crippen LogP contribution is -2.43. The second-order valence-corrected chi connectivity index (χ2v) is 17.6. The smallest absolute Gasteiger partial charge is 0.277 e. The third kappa shape index (κ3) is 6.97. The molecular weight excluding hydrogens is 562 g/mol. The fraction of sp³-hybridized carbons (Fsp3) is 0.452. The number of aryl methyl sites for hydroxylation is 1. The van der Waals surface area contributed by atoms with E-state index < -0.39 is 8.32 Å². The van der Waals surface area contributed by atoms with Crippen LogP contribution in [0.4, 0.5) is 17.2 Å². The van der Waals surface area contributed by atoms with Gasteiger partial charge in [0.15, 0.2) is 14.0 Å². The number of fused-ring (bicyclic) bond motifs is 1. The number of pyridine rings is 1. The van der Waals surface area contributed by atoms with E-state index in [2.05, 4.69) is 64.5 Å². The van der Waals surface area contributed by atoms with Crippen LogP contribution >= 0.6 is 0 Å². The molecule has 1 fully saturated rings. The summed E-state index contributed by atoms with van der Waals surface area (Å²) < 4.78 is 13.9. The van der Waals surface area contributed by atoms with Crippen LogP contribution in [-0.4, -0.2) is 59.6 Å². The van der Waals surface area contributed by atoms with E-state index in [-0.39, 0.29) is 28.4 Å². The van der Waals surface area contributed by atoms with Crippen LogP contribution < -0.4 is 15.5 Å². The Morgan fingerprint density at radius 3 is 2.58 bits per heavy atom. The zero-order valence-corrected chi connectivity index (χ0v) is 27.0. The van der Waals surface area contributed by atoms with Crippen molar-refractivity contribution in [1.82, 2.24) is 19.7 Å². The molecule has 3 aromatic heterocycles. The van der Waals surface area contributed by atoms with Crippen molar-refractivity contribution in [2.75, 3.05) is 35.2 Å². The highest BCUT2D eigenvalue weighted by atomic mass is 28.4. The zero-order chi connectivity index (χ0) is 30.9. The van der Waals surface area contributed by atoms with Gasteiger partial charge in [-0.2, -0.15) is 5.10 Å². The lowest BCUT2D eigenvalue weighted by atomic mass is 9.97. The number of anilines is 3. The Morgan fingerprint density at radius 1 is 1.14 bits per heavy atom. The summed E-state index contributed by atoms with van der Waals surface area (Å²) in [5.74, 6) is 0.522. The third-order valence-corrected chi connectivity index (χ3v) is 13.0. The molecule has 4 heterocycles. The molecule has 0 radical (unpaired) electrons. The predicted octanol–water partition coefficient (Wildman–Crippen LogP) is 6.07. The molecule has 1 aliphatic heterocycles. The number of oxazole rings is 1. The molecule has 5 rings (SSSR count). The van der Waals surface area contributed by atoms with Gasteiger partial charge in [-0.25, -0.2) is 9.97 Å². The maximum Gasteiger partial charge on any atom is 0.277 e. The minimum Gasteiger partial charge on any atom is -0.444 e. The normalized spacial score (nSPS) is 14.7. The number of nitrogens with one attached hydrogen (secondary N) is 2. The van der Waals surface area contributed by atoms with Gasteiger partial charge >= 0.3 is 0 Å². The van der Waals surface area contributed by atoms with E-state index >= 15 is 0 Å². The first-order valence-electron chi connectivity index (χ1n) is 14.7. The van der Waals surface area contributed by atoms with Gasteiger partial charge in [0.2, 0.25) is 11.8 Å². The van der Waals surface area contributed by atoms with Gasteiger partial charge in [0, 0.05) is 57.0 Å². The van der Waals surface area contributed by atoms with E-state index in [0.29, 0.717) is 23.0 Å². The van der Waals surface area contributed by atoms with Crippen LogP contribution in [0.25, 0.3) is 22.4 Å². The van der Waals surface area contributed by atoms with Crippen LogP contribution in [0, 0.1) is 5.92 Å². The molecule has 1 aromatic carbocycles. The van der Waals surface area contributed by atoms with Gasteiger partial charge in [-0.15, -0.1) is 0 Å². The summed E-state index contributed by atoms with van der Waals surface area (Å²) in [5, 5.41) is 11.4. The van der Waals surface area contributed by atoms with Crippen molar-refractivity contribution in [2.24, 2.45) is 13.0 Å². The molecule has 0 spiro atoms. The van der Waals surface area contributed by atoms with Gasteiger partial charge < -0.3 is 24.4 Å². The van der Waals surface area contributed by atoms with Crippen LogP contribution in [0.2, 0.25) is 18.1 Å². The summed E-state index contributed by atoms with van der Waals surface area (Å²) in [7, 11) is 0.0959. The molecule has 4 aromatic rings. The Balaban J connectivity index is 1.32. The summed E-state index contributed by atoms with van der Waals surface area (Å²) in [4.78, 5) is 35.7. The highest BCUT2D eigenvalue weighted by Gasteiger charge is 2.38. The van der Waals surface area contributed by atoms with Crippen molar-refractivity contribution in [2.45, 2.75) is 58.7 Å². The molecule has 12 heteroatoms. The molecule has 228 valence electrons. The summed E-state index contributed by atoms with van der Waals surface area (Å²) in [6.07, 6.45) is 6.84. The van der Waals surface area contributed by atoms with Crippen LogP contribution in [-0.2, 0) is 16.3 Å². The first-order chi connectivity index (χ1) is 20.3. The zero-order valence-electron chi connectivity index (χ0n) is 26.0. The molecule has 2 N–H and O–H groups in total. The van der Waals surface area contributed by atoms with Crippen molar-refractivity contribution < 1.29 is 18.4 Å². The molecule has 0 bridgehead atoms. The average Bonchev–Trinajstić information content (AvgIpc) is 3.57. The maximum atomic E-state index is 13.4. The maximum absolute atomic E-state index is 13.4. The van der Waals surface area contributed by atoms with Crippen molar-refractivity contribution >= 4 is 48.2 Å². The molecule has 1 saturated heterocycles. The number of aromatic nitrogens is 4. The standard InChI is InChI=1S/C31H41N7O4Si/c1-20(39)33-28-15-22(8-11-32-28)30-35-26(19-41-30)29(40)34-25-14-23-17-37(5)36-24(23)16-27(25)38-12-9-21(10-13-38)18-42-43(6,7)31(2,3)4/h8,11,14-17,19,21H,9-10,12-13,18H2,1-7H3,(H,34,40)(H,32,33,39). The third-order valence-electron chi connectivity index (χ3n) is 8.47. The van der Waals surface area contributed by atoms with E-state index in [4.69, 9.17) is 8.84 Å². The summed E-state index contributed by atoms with van der Waals surface area (Å²) >= 11 is 0. The number of hydrogen-bond donors (Lipinski definition) is 2. The van der Waals surface area contributed by atoms with E-state index in [0.717, 1.165) is 49.1 Å². The van der Waals surface area contributed by atoms with Gasteiger partial charge in [0.1, 0.15) is 12.1 Å². The van der Waals surface area contributed by atoms with Gasteiger partial charge in [0.05, 0.1) is 16.9 Å². The number of rotatable bonds is 8. The first-order valence-corrected chi connectivity index (χ1v) is 17.6. The molecule has 0 saturated carbocycles. The summed E-state index contributed by atoms with van der Waals surface area (Å²) in [6.45, 7) is 15.3. The van der Waals surface area contributed by atoms with Crippen molar-refractivity contribution in [3.05, 3.63) is 48.6 Å². The largest absolute Gasteiger partial charge is 0.444 e. The monoisotopic (exact) mass is 603 g/mol. The van der Waals surface area contributed by atoms with Crippen molar-refractivity contribution in [1.29, 1.82) is 0 Å². The molecule has 0 aliphatic carbocycles. The molecule has 2 amide bonds. The Bertz CT molecular complexity index is 1630. The SMILES string of the molecule is CC(=O)Nc1cc(-c2nc(C(=O)Nc3cc4cn(C)nc4cc3N3CCC(CO[Si](C)(C)C(C)(C)C)CC3)co2)ccn1. The highest BCUT2D eigenvalue weighted by molar-refractivity contribution is 6.74. The number of amides is 2. The van der Waals surface area contributed by atoms with Crippen LogP contribution in [0.15, 0.2) is 47.3 Å². The Labute approximate surface area is 253 Å². The molecule has 43 heavy (non-hydrogen) atoms. The number of hydrogen-bond acceptors (Lipinski definition) is 8. The summed E-state index contributed by atoms with van der Waals surface area (Å²) in [5.41, 5.74) is 3.24. The lowest BCUT2D eigenvalue weighted by molar-refractivity contribution is -0.114. The Hall–Kier alpha value is -4.03. The molecular formula is C31H41N7O4Si. The van der Waals surface area contributed by atoms with Crippen molar-refractivity contribution in [3.63, 3.8) is 0 Å². The summed E-state index contributed by atoms with van der Waals surface area (Å²) in [6, 6.07) is 7.36. The van der Waals surface area contributed by atoms with Gasteiger partial charge in [-0.05, 0) is 61.2 Å². The molecule has 0 unspecified atom stereocenters. The quantitative estimate of drug-likeness (QED) is 0.232. The van der Waals surface area contributed by atoms with Gasteiger partial charge in [-0.1, -0.05) is 20.8 Å². The molecule has 11 nitrogen and oxygen atoms in total. The second-order valence-electron chi connectivity index (χ2n) is 12.8. The van der Waals surface area contributed by atoms with Crippen LogP contribution in [0.5, 0.6) is 0 Å². The first kappa shape index (κ1) is 30.4. The molecule has 0 atom stereocenters. The second kappa shape index (κ2) is 11.9. The van der Waals surface area contributed by atoms with Gasteiger partial charge in [-0.3, -0.25) is 14.3 Å². The minimum absolute atomic E-state index is 0.145. The number of carbonyl (C=O) groups excluding carboxylic acids is 2. The Kier molecular flexibility index (Phi) is 8.44. The lowest BCUT2D eigenvalue weighted by Gasteiger charge is -2.39. The van der Waals surface area contributed by atoms with Crippen LogP contribution in [0.3, 0.4) is 0 Å². The number of piperidine rings is 1. The van der Waals surface area contributed by atoms with Gasteiger partial charge in [0.25, 0.3) is 5.91 Å². The number of nitrogens with zero attached hydrogens (tertiary/aromatic N) is 5. The number of carbonyl (C=O) groups is 2. The minimum atomic E-state index is -1.79. The Morgan fingerprint density at radius 2 is 1.88 bits per heavy atom. The van der Waals surface area contributed by atoms with E-state index in [1.165, 1.54) is 13.2 Å². The fourth-order valence-corrected chi connectivity index (χ4v) is 6.02. The predicted molar refractivity (Wildman–Crippen MR) is 171 cm³/mol. The topological polar surface area (TPSA) is 127 Å². The van der Waals surface area contributed by atoms with Crippen molar-refractivity contribution in [3.8, 4) is 11.5 Å².